The average Bonchev–Trinajstić information content (AvgIpc) is 3.07. The molecule has 1 atom stereocenters. The molecule has 0 spiro atoms. The minimum absolute atomic E-state index is 0.140. The first-order chi connectivity index (χ1) is 12.4. The van der Waals surface area contributed by atoms with Gasteiger partial charge in [0.1, 0.15) is 6.61 Å². The van der Waals surface area contributed by atoms with Gasteiger partial charge >= 0.3 is 6.61 Å². The lowest BCUT2D eigenvalue weighted by Crippen LogP contribution is -2.30. The summed E-state index contributed by atoms with van der Waals surface area (Å²) in [4.78, 5) is 24.5. The van der Waals surface area contributed by atoms with Gasteiger partial charge in [-0.3, -0.25) is 9.59 Å². The fraction of sp³-hybridized carbons (Fsp3) is 0.412. The fourth-order valence-electron chi connectivity index (χ4n) is 2.57. The number of amides is 2. The van der Waals surface area contributed by atoms with E-state index in [2.05, 4.69) is 4.74 Å². The number of carbonyl (C=O) groups excluding carboxylic acids is 2. The van der Waals surface area contributed by atoms with Gasteiger partial charge in [0.15, 0.2) is 11.5 Å². The zero-order chi connectivity index (χ0) is 19.1. The Kier molecular flexibility index (Phi) is 6.90. The van der Waals surface area contributed by atoms with Crippen LogP contribution >= 0.6 is 0 Å². The predicted molar refractivity (Wildman–Crippen MR) is 88.8 cm³/mol. The highest BCUT2D eigenvalue weighted by Crippen LogP contribution is 2.33. The van der Waals surface area contributed by atoms with Crippen LogP contribution in [0.3, 0.4) is 0 Å². The van der Waals surface area contributed by atoms with Crippen molar-refractivity contribution in [3.05, 3.63) is 29.8 Å². The van der Waals surface area contributed by atoms with Gasteiger partial charge < -0.3 is 24.8 Å². The molecule has 0 saturated carbocycles. The van der Waals surface area contributed by atoms with E-state index in [0.717, 1.165) is 0 Å². The average molecular weight is 370 g/mol. The second-order valence-electron chi connectivity index (χ2n) is 5.56. The number of para-hydroxylation sites is 1. The van der Waals surface area contributed by atoms with Crippen molar-refractivity contribution < 1.29 is 32.6 Å². The molecular weight excluding hydrogens is 350 g/mol. The van der Waals surface area contributed by atoms with E-state index >= 15 is 0 Å². The van der Waals surface area contributed by atoms with Crippen molar-refractivity contribution in [2.45, 2.75) is 19.1 Å². The van der Waals surface area contributed by atoms with Crippen molar-refractivity contribution >= 4 is 17.9 Å². The Morgan fingerprint density at radius 3 is 2.85 bits per heavy atom. The summed E-state index contributed by atoms with van der Waals surface area (Å²) >= 11 is 0. The summed E-state index contributed by atoms with van der Waals surface area (Å²) in [6, 6.07) is 4.62. The molecule has 26 heavy (non-hydrogen) atoms. The maximum Gasteiger partial charge on any atom is 0.387 e. The lowest BCUT2D eigenvalue weighted by Gasteiger charge is -2.15. The molecule has 1 aliphatic heterocycles. The van der Waals surface area contributed by atoms with Gasteiger partial charge in [-0.15, -0.1) is 0 Å². The molecule has 0 aromatic heterocycles. The first-order valence-electron chi connectivity index (χ1n) is 7.89. The molecule has 1 saturated heterocycles. The molecule has 0 aliphatic carbocycles. The number of nitrogens with zero attached hydrogens (tertiary/aromatic N) is 1. The van der Waals surface area contributed by atoms with E-state index in [1.807, 2.05) is 0 Å². The number of hydrogen-bond donors (Lipinski definition) is 1. The molecule has 2 N–H and O–H groups in total. The molecule has 1 aromatic carbocycles. The Morgan fingerprint density at radius 1 is 1.42 bits per heavy atom. The largest absolute Gasteiger partial charge is 0.493 e. The van der Waals surface area contributed by atoms with E-state index < -0.39 is 12.5 Å². The van der Waals surface area contributed by atoms with Crippen molar-refractivity contribution in [2.24, 2.45) is 5.73 Å². The molecule has 0 bridgehead atoms. The maximum absolute atomic E-state index is 12.6. The van der Waals surface area contributed by atoms with Crippen molar-refractivity contribution in [1.82, 2.24) is 4.90 Å². The molecule has 1 fully saturated rings. The molecule has 0 radical (unpaired) electrons. The molecule has 9 heteroatoms. The second-order valence-corrected chi connectivity index (χ2v) is 5.56. The van der Waals surface area contributed by atoms with Crippen LogP contribution in [-0.4, -0.2) is 56.2 Å². The van der Waals surface area contributed by atoms with Crippen LogP contribution in [0.5, 0.6) is 11.5 Å². The van der Waals surface area contributed by atoms with Crippen LogP contribution in [0, 0.1) is 0 Å². The summed E-state index contributed by atoms with van der Waals surface area (Å²) < 4.78 is 40.0. The first-order valence-corrected chi connectivity index (χ1v) is 7.89. The fourth-order valence-corrected chi connectivity index (χ4v) is 2.57. The van der Waals surface area contributed by atoms with Crippen molar-refractivity contribution in [1.29, 1.82) is 0 Å². The number of ether oxygens (including phenoxy) is 3. The van der Waals surface area contributed by atoms with Crippen LogP contribution < -0.4 is 15.2 Å². The van der Waals surface area contributed by atoms with Gasteiger partial charge in [0.2, 0.25) is 11.8 Å². The number of halogens is 2. The summed E-state index contributed by atoms with van der Waals surface area (Å²) in [6.07, 6.45) is 2.99. The Bertz CT molecular complexity index is 681. The molecule has 1 aromatic rings. The van der Waals surface area contributed by atoms with Crippen LogP contribution in [0.4, 0.5) is 8.78 Å². The van der Waals surface area contributed by atoms with E-state index in [-0.39, 0.29) is 30.1 Å². The van der Waals surface area contributed by atoms with Crippen LogP contribution in [0.2, 0.25) is 0 Å². The third-order valence-corrected chi connectivity index (χ3v) is 3.76. The van der Waals surface area contributed by atoms with Crippen molar-refractivity contribution in [3.8, 4) is 11.5 Å². The Hall–Kier alpha value is -2.68. The number of rotatable bonds is 8. The standard InChI is InChI=1S/C17H20F2N2O5/c1-24-13-4-2-3-11(16(13)26-17(18)19)5-6-15(23)21-8-7-12(9-21)25-10-14(20)22/h2-6,12,17H,7-10H2,1H3,(H2,20,22)/b6-5+/t12-/m1/s1. The molecular formula is C17H20F2N2O5. The number of nitrogens with two attached hydrogens (primary N) is 1. The van der Waals surface area contributed by atoms with Gasteiger partial charge in [0.25, 0.3) is 0 Å². The number of benzene rings is 1. The first kappa shape index (κ1) is 19.6. The number of alkyl halides is 2. The van der Waals surface area contributed by atoms with Gasteiger partial charge in [0, 0.05) is 24.7 Å². The van der Waals surface area contributed by atoms with Crippen LogP contribution in [0.1, 0.15) is 12.0 Å². The second kappa shape index (κ2) is 9.14. The third-order valence-electron chi connectivity index (χ3n) is 3.76. The summed E-state index contributed by atoms with van der Waals surface area (Å²) in [5.74, 6) is -0.876. The summed E-state index contributed by atoms with van der Waals surface area (Å²) in [7, 11) is 1.34. The van der Waals surface area contributed by atoms with Gasteiger partial charge in [-0.1, -0.05) is 12.1 Å². The summed E-state index contributed by atoms with van der Waals surface area (Å²) in [5, 5.41) is 0. The molecule has 0 unspecified atom stereocenters. The molecule has 1 heterocycles. The lowest BCUT2D eigenvalue weighted by atomic mass is 10.1. The van der Waals surface area contributed by atoms with Crippen molar-refractivity contribution in [2.75, 3.05) is 26.8 Å². The predicted octanol–water partition coefficient (Wildman–Crippen LogP) is 1.41. The third kappa shape index (κ3) is 5.41. The number of hydrogen-bond acceptors (Lipinski definition) is 5. The van der Waals surface area contributed by atoms with Crippen molar-refractivity contribution in [3.63, 3.8) is 0 Å². The Morgan fingerprint density at radius 2 is 2.19 bits per heavy atom. The zero-order valence-corrected chi connectivity index (χ0v) is 14.2. The van der Waals surface area contributed by atoms with E-state index in [9.17, 15) is 18.4 Å². The molecule has 2 amide bonds. The number of likely N-dealkylation sites (tertiary alicyclic amines) is 1. The van der Waals surface area contributed by atoms with E-state index in [1.54, 1.807) is 6.07 Å². The van der Waals surface area contributed by atoms with Gasteiger partial charge in [0.05, 0.1) is 13.2 Å². The van der Waals surface area contributed by atoms with E-state index in [0.29, 0.717) is 25.1 Å². The van der Waals surface area contributed by atoms with Gasteiger partial charge in [-0.05, 0) is 18.6 Å². The molecule has 1 aliphatic rings. The topological polar surface area (TPSA) is 91.1 Å². The quantitative estimate of drug-likeness (QED) is 0.699. The smallest absolute Gasteiger partial charge is 0.387 e. The van der Waals surface area contributed by atoms with E-state index in [4.69, 9.17) is 15.2 Å². The van der Waals surface area contributed by atoms with Crippen LogP contribution in [0.15, 0.2) is 24.3 Å². The minimum atomic E-state index is -3.02. The number of primary amides is 1. The van der Waals surface area contributed by atoms with Crippen LogP contribution in [0.25, 0.3) is 6.08 Å². The molecule has 7 nitrogen and oxygen atoms in total. The lowest BCUT2D eigenvalue weighted by molar-refractivity contribution is -0.126. The SMILES string of the molecule is COc1cccc(/C=C/C(=O)N2CC[C@@H](OCC(N)=O)C2)c1OC(F)F. The summed E-state index contributed by atoms with van der Waals surface area (Å²) in [6.45, 7) is -2.42. The minimum Gasteiger partial charge on any atom is -0.493 e. The zero-order valence-electron chi connectivity index (χ0n) is 14.2. The highest BCUT2D eigenvalue weighted by atomic mass is 19.3. The molecule has 142 valence electrons. The maximum atomic E-state index is 12.6. The van der Waals surface area contributed by atoms with E-state index in [1.165, 1.54) is 36.3 Å². The highest BCUT2D eigenvalue weighted by molar-refractivity contribution is 5.92. The summed E-state index contributed by atoms with van der Waals surface area (Å²) in [5.41, 5.74) is 5.31. The highest BCUT2D eigenvalue weighted by Gasteiger charge is 2.26. The number of carbonyl (C=O) groups is 2. The van der Waals surface area contributed by atoms with Gasteiger partial charge in [-0.2, -0.15) is 8.78 Å². The Balaban J connectivity index is 2.03. The Labute approximate surface area is 149 Å². The number of methoxy groups -OCH3 is 1. The van der Waals surface area contributed by atoms with Crippen LogP contribution in [-0.2, 0) is 14.3 Å². The molecule has 2 rings (SSSR count). The van der Waals surface area contributed by atoms with Gasteiger partial charge in [-0.25, -0.2) is 0 Å². The normalized spacial score (nSPS) is 17.1. The monoisotopic (exact) mass is 370 g/mol.